The van der Waals surface area contributed by atoms with E-state index in [0.29, 0.717) is 12.5 Å². The quantitative estimate of drug-likeness (QED) is 0.587. The van der Waals surface area contributed by atoms with E-state index in [4.69, 9.17) is 4.74 Å². The van der Waals surface area contributed by atoms with Crippen molar-refractivity contribution in [3.63, 3.8) is 0 Å². The van der Waals surface area contributed by atoms with E-state index < -0.39 is 6.09 Å². The predicted molar refractivity (Wildman–Crippen MR) is 62.5 cm³/mol. The van der Waals surface area contributed by atoms with Crippen LogP contribution in [0.25, 0.3) is 0 Å². The molecule has 96 valence electrons. The first-order valence-corrected chi connectivity index (χ1v) is 5.85. The fraction of sp³-hybridized carbons (Fsp3) is 0.667. The van der Waals surface area contributed by atoms with E-state index in [-0.39, 0.29) is 18.9 Å². The van der Waals surface area contributed by atoms with Gasteiger partial charge in [-0.3, -0.25) is 4.79 Å². The molecule has 5 nitrogen and oxygen atoms in total. The molecule has 1 atom stereocenters. The van der Waals surface area contributed by atoms with Gasteiger partial charge in [0.1, 0.15) is 0 Å². The maximum absolute atomic E-state index is 11.3. The number of amides is 1. The first kappa shape index (κ1) is 13.5. The van der Waals surface area contributed by atoms with Gasteiger partial charge in [0.15, 0.2) is 0 Å². The zero-order valence-electron chi connectivity index (χ0n) is 10.1. The van der Waals surface area contributed by atoms with Crippen molar-refractivity contribution in [3.05, 3.63) is 12.2 Å². The van der Waals surface area contributed by atoms with Gasteiger partial charge in [-0.25, -0.2) is 4.79 Å². The summed E-state index contributed by atoms with van der Waals surface area (Å²) in [4.78, 5) is 22.0. The fourth-order valence-corrected chi connectivity index (χ4v) is 1.63. The Morgan fingerprint density at radius 3 is 2.88 bits per heavy atom. The highest BCUT2D eigenvalue weighted by Crippen LogP contribution is 2.18. The third-order valence-corrected chi connectivity index (χ3v) is 2.64. The van der Waals surface area contributed by atoms with Crippen molar-refractivity contribution in [2.45, 2.75) is 25.7 Å². The van der Waals surface area contributed by atoms with E-state index in [1.165, 1.54) is 7.11 Å². The van der Waals surface area contributed by atoms with Gasteiger partial charge >= 0.3 is 12.1 Å². The van der Waals surface area contributed by atoms with Crippen LogP contribution in [-0.2, 0) is 14.3 Å². The van der Waals surface area contributed by atoms with Gasteiger partial charge < -0.3 is 14.8 Å². The summed E-state index contributed by atoms with van der Waals surface area (Å²) >= 11 is 0. The van der Waals surface area contributed by atoms with Crippen LogP contribution >= 0.6 is 0 Å². The van der Waals surface area contributed by atoms with Crippen molar-refractivity contribution in [2.75, 3.05) is 20.3 Å². The number of carbonyl (C=O) groups is 2. The third-order valence-electron chi connectivity index (χ3n) is 2.64. The number of methoxy groups -OCH3 is 1. The summed E-state index contributed by atoms with van der Waals surface area (Å²) in [5, 5.41) is 2.43. The summed E-state index contributed by atoms with van der Waals surface area (Å²) in [5.41, 5.74) is 0. The zero-order chi connectivity index (χ0) is 12.5. The van der Waals surface area contributed by atoms with Gasteiger partial charge in [0.2, 0.25) is 0 Å². The standard InChI is InChI=1S/C12H19NO4/c1-16-12(15)13-8-7-11(14)17-9-10-5-3-2-4-6-10/h2-3,10H,4-9H2,1H3,(H,13,15). The van der Waals surface area contributed by atoms with Crippen molar-refractivity contribution < 1.29 is 19.1 Å². The number of ether oxygens (including phenoxy) is 2. The molecular formula is C12H19NO4. The molecule has 0 bridgehead atoms. The van der Waals surface area contributed by atoms with Crippen LogP contribution in [0.3, 0.4) is 0 Å². The van der Waals surface area contributed by atoms with Crippen molar-refractivity contribution in [1.29, 1.82) is 0 Å². The lowest BCUT2D eigenvalue weighted by Crippen LogP contribution is -2.26. The SMILES string of the molecule is COC(=O)NCCC(=O)OCC1CC=CCC1. The van der Waals surface area contributed by atoms with Gasteiger partial charge in [-0.05, 0) is 25.2 Å². The highest BCUT2D eigenvalue weighted by atomic mass is 16.5. The Morgan fingerprint density at radius 2 is 2.24 bits per heavy atom. The first-order chi connectivity index (χ1) is 8.22. The summed E-state index contributed by atoms with van der Waals surface area (Å²) < 4.78 is 9.51. The molecule has 0 aromatic rings. The van der Waals surface area contributed by atoms with Crippen molar-refractivity contribution in [2.24, 2.45) is 5.92 Å². The minimum absolute atomic E-state index is 0.178. The number of esters is 1. The van der Waals surface area contributed by atoms with Crippen LogP contribution in [0.15, 0.2) is 12.2 Å². The number of nitrogens with one attached hydrogen (secondary N) is 1. The summed E-state index contributed by atoms with van der Waals surface area (Å²) in [6, 6.07) is 0. The van der Waals surface area contributed by atoms with E-state index in [1.54, 1.807) is 0 Å². The Kier molecular flexibility index (Phi) is 6.14. The lowest BCUT2D eigenvalue weighted by atomic mass is 9.95. The molecule has 1 aliphatic carbocycles. The fourth-order valence-electron chi connectivity index (χ4n) is 1.63. The Bertz CT molecular complexity index is 288. The first-order valence-electron chi connectivity index (χ1n) is 5.85. The van der Waals surface area contributed by atoms with E-state index in [1.807, 2.05) is 0 Å². The van der Waals surface area contributed by atoms with E-state index in [2.05, 4.69) is 22.2 Å². The monoisotopic (exact) mass is 241 g/mol. The minimum atomic E-state index is -0.532. The Hall–Kier alpha value is -1.52. The molecule has 0 saturated heterocycles. The summed E-state index contributed by atoms with van der Waals surface area (Å²) in [7, 11) is 1.28. The summed E-state index contributed by atoms with van der Waals surface area (Å²) in [6.45, 7) is 0.720. The van der Waals surface area contributed by atoms with Gasteiger partial charge in [-0.2, -0.15) is 0 Å². The predicted octanol–water partition coefficient (Wildman–Crippen LogP) is 1.63. The molecule has 1 amide bonds. The number of hydrogen-bond acceptors (Lipinski definition) is 4. The molecule has 0 spiro atoms. The normalized spacial score (nSPS) is 18.5. The minimum Gasteiger partial charge on any atom is -0.465 e. The van der Waals surface area contributed by atoms with Crippen molar-refractivity contribution in [3.8, 4) is 0 Å². The Balaban J connectivity index is 2.04. The molecule has 0 aromatic carbocycles. The molecule has 0 heterocycles. The largest absolute Gasteiger partial charge is 0.465 e. The third kappa shape index (κ3) is 5.94. The topological polar surface area (TPSA) is 64.6 Å². The molecule has 17 heavy (non-hydrogen) atoms. The maximum atomic E-state index is 11.3. The smallest absolute Gasteiger partial charge is 0.406 e. The molecule has 1 unspecified atom stereocenters. The maximum Gasteiger partial charge on any atom is 0.406 e. The van der Waals surface area contributed by atoms with Crippen molar-refractivity contribution >= 4 is 12.1 Å². The highest BCUT2D eigenvalue weighted by Gasteiger charge is 2.12. The molecule has 1 aliphatic rings. The molecule has 1 N–H and O–H groups in total. The van der Waals surface area contributed by atoms with Crippen LogP contribution < -0.4 is 5.32 Å². The van der Waals surface area contributed by atoms with Gasteiger partial charge in [0, 0.05) is 6.54 Å². The molecule has 5 heteroatoms. The average Bonchev–Trinajstić information content (AvgIpc) is 2.37. The molecule has 1 rings (SSSR count). The van der Waals surface area contributed by atoms with Crippen LogP contribution in [0.2, 0.25) is 0 Å². The summed E-state index contributed by atoms with van der Waals surface area (Å²) in [5.74, 6) is 0.161. The zero-order valence-corrected chi connectivity index (χ0v) is 10.1. The van der Waals surface area contributed by atoms with Crippen LogP contribution in [0.5, 0.6) is 0 Å². The second-order valence-corrected chi connectivity index (χ2v) is 4.00. The molecule has 0 saturated carbocycles. The van der Waals surface area contributed by atoms with Gasteiger partial charge in [-0.15, -0.1) is 0 Å². The molecular weight excluding hydrogens is 222 g/mol. The second-order valence-electron chi connectivity index (χ2n) is 4.00. The average molecular weight is 241 g/mol. The van der Waals surface area contributed by atoms with E-state index >= 15 is 0 Å². The van der Waals surface area contributed by atoms with E-state index in [9.17, 15) is 9.59 Å². The van der Waals surface area contributed by atoms with Gasteiger partial charge in [0.25, 0.3) is 0 Å². The van der Waals surface area contributed by atoms with Crippen LogP contribution in [0.1, 0.15) is 25.7 Å². The van der Waals surface area contributed by atoms with Gasteiger partial charge in [-0.1, -0.05) is 12.2 Å². The summed E-state index contributed by atoms with van der Waals surface area (Å²) in [6.07, 6.45) is 7.04. The van der Waals surface area contributed by atoms with E-state index in [0.717, 1.165) is 19.3 Å². The van der Waals surface area contributed by atoms with Crippen molar-refractivity contribution in [1.82, 2.24) is 5.32 Å². The Morgan fingerprint density at radius 1 is 1.41 bits per heavy atom. The van der Waals surface area contributed by atoms with Gasteiger partial charge in [0.05, 0.1) is 20.1 Å². The second kappa shape index (κ2) is 7.70. The lowest BCUT2D eigenvalue weighted by molar-refractivity contribution is -0.144. The Labute approximate surface area is 101 Å². The number of allylic oxidation sites excluding steroid dienone is 2. The van der Waals surface area contributed by atoms with Crippen LogP contribution in [0, 0.1) is 5.92 Å². The molecule has 0 aliphatic heterocycles. The number of carbonyl (C=O) groups excluding carboxylic acids is 2. The molecule has 0 radical (unpaired) electrons. The van der Waals surface area contributed by atoms with Crippen LogP contribution in [0.4, 0.5) is 4.79 Å². The number of alkyl carbamates (subject to hydrolysis) is 1. The number of rotatable bonds is 5. The molecule has 0 aromatic heterocycles. The van der Waals surface area contributed by atoms with Crippen LogP contribution in [-0.4, -0.2) is 32.3 Å². The molecule has 0 fully saturated rings. The lowest BCUT2D eigenvalue weighted by Gasteiger charge is -2.17. The highest BCUT2D eigenvalue weighted by molar-refractivity contribution is 5.71. The number of hydrogen-bond donors (Lipinski definition) is 1.